The number of halogens is 1. The zero-order valence-electron chi connectivity index (χ0n) is 22.4. The van der Waals surface area contributed by atoms with Gasteiger partial charge >= 0.3 is 0 Å². The molecule has 1 aromatic heterocycles. The number of nitrogens with one attached hydrogen (secondary N) is 2. The predicted molar refractivity (Wildman–Crippen MR) is 146 cm³/mol. The second kappa shape index (κ2) is 11.1. The van der Waals surface area contributed by atoms with Crippen molar-refractivity contribution in [2.75, 3.05) is 13.1 Å². The lowest BCUT2D eigenvalue weighted by atomic mass is 10.0. The number of carbonyl (C=O) groups excluding carboxylic acids is 3. The van der Waals surface area contributed by atoms with Crippen LogP contribution in [-0.2, 0) is 9.63 Å². The molecule has 2 heterocycles. The molecule has 1 fully saturated rings. The van der Waals surface area contributed by atoms with Crippen molar-refractivity contribution in [1.29, 1.82) is 0 Å². The fourth-order valence-corrected chi connectivity index (χ4v) is 4.88. The van der Waals surface area contributed by atoms with Gasteiger partial charge in [0.25, 0.3) is 11.8 Å². The van der Waals surface area contributed by atoms with E-state index >= 15 is 0 Å². The van der Waals surface area contributed by atoms with Gasteiger partial charge < -0.3 is 15.2 Å². The highest BCUT2D eigenvalue weighted by Crippen LogP contribution is 2.24. The van der Waals surface area contributed by atoms with Gasteiger partial charge in [-0.3, -0.25) is 19.2 Å². The number of amides is 3. The van der Waals surface area contributed by atoms with Crippen LogP contribution in [0.3, 0.4) is 0 Å². The zero-order chi connectivity index (χ0) is 27.6. The van der Waals surface area contributed by atoms with E-state index in [9.17, 15) is 14.4 Å². The molecule has 202 valence electrons. The maximum Gasteiger partial charge on any atom is 0.254 e. The van der Waals surface area contributed by atoms with Crippen LogP contribution in [0, 0.1) is 6.92 Å². The van der Waals surface area contributed by atoms with Crippen molar-refractivity contribution in [2.45, 2.75) is 65.1 Å². The van der Waals surface area contributed by atoms with Crippen LogP contribution >= 0.6 is 11.6 Å². The van der Waals surface area contributed by atoms with Crippen LogP contribution in [0.1, 0.15) is 78.7 Å². The Kier molecular flexibility index (Phi) is 8.08. The summed E-state index contributed by atoms with van der Waals surface area (Å²) in [6, 6.07) is 9.95. The molecule has 0 unspecified atom stereocenters. The minimum absolute atomic E-state index is 0.118. The molecule has 0 saturated carbocycles. The van der Waals surface area contributed by atoms with Gasteiger partial charge in [0.15, 0.2) is 0 Å². The number of nitrogens with zero attached hydrogens (tertiary/aromatic N) is 3. The van der Waals surface area contributed by atoms with Crippen LogP contribution < -0.4 is 5.32 Å². The SMILES string of the molecule is Cc1cc(C(=O)N[C@@H](C)c2nc3ccc(Cl)cc3[nH]2)ccc1C(=O)N1CCC[C@H]1CN(C=O)OC(C)(C)C. The molecular formula is C28H34ClN5O4. The molecule has 1 saturated heterocycles. The predicted octanol–water partition coefficient (Wildman–Crippen LogP) is 4.81. The molecule has 2 N–H and O–H groups in total. The van der Waals surface area contributed by atoms with E-state index in [1.807, 2.05) is 40.7 Å². The zero-order valence-corrected chi connectivity index (χ0v) is 23.1. The van der Waals surface area contributed by atoms with Gasteiger partial charge in [0.05, 0.1) is 35.3 Å². The van der Waals surface area contributed by atoms with E-state index in [-0.39, 0.29) is 23.9 Å². The van der Waals surface area contributed by atoms with E-state index in [4.69, 9.17) is 16.4 Å². The number of imidazole rings is 1. The van der Waals surface area contributed by atoms with Crippen molar-refractivity contribution in [3.8, 4) is 0 Å². The van der Waals surface area contributed by atoms with Gasteiger partial charge in [-0.2, -0.15) is 0 Å². The molecule has 2 atom stereocenters. The summed E-state index contributed by atoms with van der Waals surface area (Å²) in [7, 11) is 0. The van der Waals surface area contributed by atoms with Crippen LogP contribution in [0.4, 0.5) is 0 Å². The number of aryl methyl sites for hydroxylation is 1. The maximum absolute atomic E-state index is 13.4. The molecule has 10 heteroatoms. The maximum atomic E-state index is 13.4. The first-order valence-corrected chi connectivity index (χ1v) is 13.1. The Bertz CT molecular complexity index is 1350. The Morgan fingerprint density at radius 1 is 1.29 bits per heavy atom. The second-order valence-corrected chi connectivity index (χ2v) is 11.1. The highest BCUT2D eigenvalue weighted by molar-refractivity contribution is 6.31. The monoisotopic (exact) mass is 539 g/mol. The molecule has 3 amide bonds. The van der Waals surface area contributed by atoms with Gasteiger partial charge in [-0.25, -0.2) is 10.0 Å². The summed E-state index contributed by atoms with van der Waals surface area (Å²) in [5, 5.41) is 4.84. The molecule has 0 radical (unpaired) electrons. The molecule has 0 bridgehead atoms. The standard InChI is InChI=1S/C28H34ClN5O4/c1-17-13-19(26(36)30-18(2)25-31-23-11-9-20(29)14-24(23)32-25)8-10-22(17)27(37)34-12-6-7-21(34)15-33(16-35)38-28(3,4)5/h8-11,13-14,16,18,21H,6-7,12,15H2,1-5H3,(H,30,36)(H,31,32)/t18-,21-/m0/s1. The molecule has 4 rings (SSSR count). The Balaban J connectivity index is 1.43. The topological polar surface area (TPSA) is 108 Å². The fraction of sp³-hybridized carbons (Fsp3) is 0.429. The quantitative estimate of drug-likeness (QED) is 0.315. The number of benzene rings is 2. The Labute approximate surface area is 227 Å². The Hall–Kier alpha value is -3.43. The number of fused-ring (bicyclic) bond motifs is 1. The summed E-state index contributed by atoms with van der Waals surface area (Å²) >= 11 is 6.06. The summed E-state index contributed by atoms with van der Waals surface area (Å²) in [6.07, 6.45) is 2.30. The van der Waals surface area contributed by atoms with Crippen LogP contribution in [0.25, 0.3) is 11.0 Å². The number of aromatic amines is 1. The molecule has 0 aliphatic carbocycles. The van der Waals surface area contributed by atoms with Gasteiger partial charge in [-0.05, 0) is 89.4 Å². The lowest BCUT2D eigenvalue weighted by molar-refractivity contribution is -0.219. The number of hydroxylamine groups is 2. The Morgan fingerprint density at radius 2 is 2.05 bits per heavy atom. The lowest BCUT2D eigenvalue weighted by Crippen LogP contribution is -2.45. The minimum Gasteiger partial charge on any atom is -0.342 e. The van der Waals surface area contributed by atoms with Gasteiger partial charge in [0, 0.05) is 22.7 Å². The van der Waals surface area contributed by atoms with Crippen LogP contribution in [-0.4, -0.2) is 62.9 Å². The molecule has 1 aliphatic rings. The van der Waals surface area contributed by atoms with Crippen molar-refractivity contribution in [3.05, 3.63) is 63.9 Å². The van der Waals surface area contributed by atoms with Crippen LogP contribution in [0.5, 0.6) is 0 Å². The number of hydrogen-bond acceptors (Lipinski definition) is 5. The van der Waals surface area contributed by atoms with E-state index in [1.54, 1.807) is 35.2 Å². The number of H-pyrrole nitrogens is 1. The number of carbonyl (C=O) groups is 3. The first-order chi connectivity index (χ1) is 17.9. The minimum atomic E-state index is -0.517. The molecule has 9 nitrogen and oxygen atoms in total. The van der Waals surface area contributed by atoms with E-state index < -0.39 is 5.60 Å². The van der Waals surface area contributed by atoms with Crippen LogP contribution in [0.15, 0.2) is 36.4 Å². The Morgan fingerprint density at radius 3 is 2.74 bits per heavy atom. The molecular weight excluding hydrogens is 506 g/mol. The van der Waals surface area contributed by atoms with Gasteiger partial charge in [0.2, 0.25) is 6.41 Å². The highest BCUT2D eigenvalue weighted by atomic mass is 35.5. The van der Waals surface area contributed by atoms with Crippen LogP contribution in [0.2, 0.25) is 5.02 Å². The summed E-state index contributed by atoms with van der Waals surface area (Å²) in [4.78, 5) is 53.2. The fourth-order valence-electron chi connectivity index (χ4n) is 4.71. The molecule has 2 aromatic carbocycles. The number of aromatic nitrogens is 2. The van der Waals surface area contributed by atoms with Gasteiger partial charge in [0.1, 0.15) is 5.82 Å². The van der Waals surface area contributed by atoms with E-state index in [0.29, 0.717) is 47.0 Å². The second-order valence-electron chi connectivity index (χ2n) is 10.7. The van der Waals surface area contributed by atoms with Gasteiger partial charge in [-0.1, -0.05) is 11.6 Å². The number of likely N-dealkylation sites (tertiary alicyclic amines) is 1. The average Bonchev–Trinajstić information content (AvgIpc) is 3.49. The van der Waals surface area contributed by atoms with Crippen molar-refractivity contribution >= 4 is 40.9 Å². The summed E-state index contributed by atoms with van der Waals surface area (Å²) < 4.78 is 0. The smallest absolute Gasteiger partial charge is 0.254 e. The van der Waals surface area contributed by atoms with E-state index in [0.717, 1.165) is 23.9 Å². The first kappa shape index (κ1) is 27.6. The summed E-state index contributed by atoms with van der Waals surface area (Å²) in [6.45, 7) is 10.2. The third-order valence-corrected chi connectivity index (χ3v) is 6.71. The number of rotatable bonds is 8. The van der Waals surface area contributed by atoms with Crippen molar-refractivity contribution in [1.82, 2.24) is 25.2 Å². The van der Waals surface area contributed by atoms with Crippen molar-refractivity contribution in [2.24, 2.45) is 0 Å². The van der Waals surface area contributed by atoms with E-state index in [1.165, 1.54) is 5.06 Å². The normalized spacial score (nSPS) is 16.5. The first-order valence-electron chi connectivity index (χ1n) is 12.7. The molecule has 38 heavy (non-hydrogen) atoms. The van der Waals surface area contributed by atoms with Gasteiger partial charge in [-0.15, -0.1) is 0 Å². The lowest BCUT2D eigenvalue weighted by Gasteiger charge is -2.32. The average molecular weight is 540 g/mol. The van der Waals surface area contributed by atoms with Crippen molar-refractivity contribution in [3.63, 3.8) is 0 Å². The third-order valence-electron chi connectivity index (χ3n) is 6.48. The molecule has 0 spiro atoms. The third kappa shape index (κ3) is 6.34. The van der Waals surface area contributed by atoms with E-state index in [2.05, 4.69) is 15.3 Å². The summed E-state index contributed by atoms with van der Waals surface area (Å²) in [5.41, 5.74) is 2.74. The molecule has 3 aromatic rings. The highest BCUT2D eigenvalue weighted by Gasteiger charge is 2.32. The van der Waals surface area contributed by atoms with Crippen molar-refractivity contribution < 1.29 is 19.2 Å². The largest absolute Gasteiger partial charge is 0.342 e. The number of hydrogen-bond donors (Lipinski definition) is 2. The summed E-state index contributed by atoms with van der Waals surface area (Å²) in [5.74, 6) is 0.241. The molecule has 1 aliphatic heterocycles.